The van der Waals surface area contributed by atoms with Crippen molar-refractivity contribution in [2.45, 2.75) is 25.6 Å². The molecule has 0 saturated carbocycles. The molecule has 20 heavy (non-hydrogen) atoms. The standard InChI is InChI=1S/C11H11F5N2O2/c1-20-8(19)2-5-7(3-17)18-4-6(10(12)13)9(5)11(14,15)16/h4,10H,2-3,17H2,1H3. The fraction of sp³-hybridized carbons (Fsp3) is 0.455. The lowest BCUT2D eigenvalue weighted by atomic mass is 9.98. The maximum Gasteiger partial charge on any atom is 0.417 e. The number of carbonyl (C=O) groups excluding carboxylic acids is 1. The normalized spacial score (nSPS) is 11.8. The van der Waals surface area contributed by atoms with E-state index in [4.69, 9.17) is 5.73 Å². The molecule has 0 aromatic carbocycles. The Kier molecular flexibility index (Phi) is 4.98. The first-order valence-corrected chi connectivity index (χ1v) is 5.35. The van der Waals surface area contributed by atoms with Crippen LogP contribution in [-0.4, -0.2) is 18.1 Å². The van der Waals surface area contributed by atoms with Crippen LogP contribution in [0.3, 0.4) is 0 Å². The van der Waals surface area contributed by atoms with Crippen molar-refractivity contribution in [3.8, 4) is 0 Å². The molecule has 0 bridgehead atoms. The Morgan fingerprint density at radius 3 is 2.45 bits per heavy atom. The largest absolute Gasteiger partial charge is 0.469 e. The quantitative estimate of drug-likeness (QED) is 0.683. The predicted molar refractivity (Wildman–Crippen MR) is 57.8 cm³/mol. The number of pyridine rings is 1. The van der Waals surface area contributed by atoms with Crippen molar-refractivity contribution in [2.75, 3.05) is 7.11 Å². The summed E-state index contributed by atoms with van der Waals surface area (Å²) < 4.78 is 68.6. The number of aromatic nitrogens is 1. The Hall–Kier alpha value is -1.77. The van der Waals surface area contributed by atoms with Crippen molar-refractivity contribution >= 4 is 5.97 Å². The molecule has 0 fully saturated rings. The summed E-state index contributed by atoms with van der Waals surface area (Å²) in [6.07, 6.45) is -8.83. The lowest BCUT2D eigenvalue weighted by molar-refractivity contribution is -0.142. The van der Waals surface area contributed by atoms with Crippen molar-refractivity contribution in [3.63, 3.8) is 0 Å². The second kappa shape index (κ2) is 6.12. The molecule has 0 aliphatic rings. The highest BCUT2D eigenvalue weighted by molar-refractivity contribution is 5.73. The topological polar surface area (TPSA) is 65.2 Å². The fourth-order valence-electron chi connectivity index (χ4n) is 1.69. The summed E-state index contributed by atoms with van der Waals surface area (Å²) in [5.74, 6) is -1.00. The summed E-state index contributed by atoms with van der Waals surface area (Å²) in [7, 11) is 0.974. The van der Waals surface area contributed by atoms with E-state index in [-0.39, 0.29) is 5.69 Å². The van der Waals surface area contributed by atoms with Gasteiger partial charge in [0, 0.05) is 18.3 Å². The van der Waals surface area contributed by atoms with E-state index in [1.807, 2.05) is 0 Å². The molecule has 1 aromatic heterocycles. The predicted octanol–water partition coefficient (Wildman–Crippen LogP) is 2.21. The van der Waals surface area contributed by atoms with E-state index >= 15 is 0 Å². The van der Waals surface area contributed by atoms with E-state index in [0.29, 0.717) is 6.20 Å². The molecule has 0 radical (unpaired) electrons. The number of nitrogens with two attached hydrogens (primary N) is 1. The molecule has 1 rings (SSSR count). The van der Waals surface area contributed by atoms with Gasteiger partial charge in [-0.15, -0.1) is 0 Å². The van der Waals surface area contributed by atoms with E-state index in [2.05, 4.69) is 9.72 Å². The van der Waals surface area contributed by atoms with Gasteiger partial charge in [-0.25, -0.2) is 8.78 Å². The molecule has 1 aromatic rings. The number of nitrogens with zero attached hydrogens (tertiary/aromatic N) is 1. The Balaban J connectivity index is 3.56. The average Bonchev–Trinajstić information content (AvgIpc) is 2.36. The van der Waals surface area contributed by atoms with Crippen molar-refractivity contribution in [3.05, 3.63) is 28.6 Å². The van der Waals surface area contributed by atoms with Gasteiger partial charge in [-0.05, 0) is 5.56 Å². The van der Waals surface area contributed by atoms with Gasteiger partial charge in [0.15, 0.2) is 0 Å². The van der Waals surface area contributed by atoms with Crippen LogP contribution in [0.25, 0.3) is 0 Å². The highest BCUT2D eigenvalue weighted by atomic mass is 19.4. The second-order valence-corrected chi connectivity index (χ2v) is 3.77. The van der Waals surface area contributed by atoms with E-state index in [1.54, 1.807) is 0 Å². The number of ether oxygens (including phenoxy) is 1. The van der Waals surface area contributed by atoms with Crippen LogP contribution < -0.4 is 5.73 Å². The lowest BCUT2D eigenvalue weighted by Gasteiger charge is -2.18. The van der Waals surface area contributed by atoms with E-state index in [9.17, 15) is 26.7 Å². The molecular formula is C11H11F5N2O2. The van der Waals surface area contributed by atoms with Crippen molar-refractivity contribution in [1.82, 2.24) is 4.98 Å². The molecule has 1 heterocycles. The third-order valence-corrected chi connectivity index (χ3v) is 2.56. The number of carbonyl (C=O) groups is 1. The minimum atomic E-state index is -5.05. The average molecular weight is 298 g/mol. The zero-order valence-electron chi connectivity index (χ0n) is 10.3. The van der Waals surface area contributed by atoms with Crippen molar-refractivity contribution in [2.24, 2.45) is 5.73 Å². The van der Waals surface area contributed by atoms with Crippen LogP contribution in [0.2, 0.25) is 0 Å². The summed E-state index contributed by atoms with van der Waals surface area (Å²) in [4.78, 5) is 14.6. The molecule has 0 aliphatic heterocycles. The van der Waals surface area contributed by atoms with Crippen molar-refractivity contribution in [1.29, 1.82) is 0 Å². The lowest BCUT2D eigenvalue weighted by Crippen LogP contribution is -2.20. The molecule has 0 spiro atoms. The number of alkyl halides is 5. The highest BCUT2D eigenvalue weighted by Gasteiger charge is 2.40. The van der Waals surface area contributed by atoms with Crippen LogP contribution in [0.5, 0.6) is 0 Å². The molecule has 2 N–H and O–H groups in total. The molecule has 9 heteroatoms. The number of hydrogen-bond acceptors (Lipinski definition) is 4. The van der Waals surface area contributed by atoms with Crippen LogP contribution in [0.15, 0.2) is 6.20 Å². The van der Waals surface area contributed by atoms with Gasteiger partial charge in [0.1, 0.15) is 0 Å². The van der Waals surface area contributed by atoms with Crippen LogP contribution in [0, 0.1) is 0 Å². The molecule has 4 nitrogen and oxygen atoms in total. The van der Waals surface area contributed by atoms with Crippen LogP contribution in [-0.2, 0) is 28.7 Å². The summed E-state index contributed by atoms with van der Waals surface area (Å²) in [5, 5.41) is 0. The smallest absolute Gasteiger partial charge is 0.417 e. The molecule has 0 saturated heterocycles. The molecule has 112 valence electrons. The first-order valence-electron chi connectivity index (χ1n) is 5.35. The molecular weight excluding hydrogens is 287 g/mol. The van der Waals surface area contributed by atoms with E-state index < -0.39 is 48.2 Å². The monoisotopic (exact) mass is 298 g/mol. The third kappa shape index (κ3) is 3.41. The Labute approximate surface area is 110 Å². The first-order chi connectivity index (χ1) is 9.22. The zero-order valence-corrected chi connectivity index (χ0v) is 10.3. The highest BCUT2D eigenvalue weighted by Crippen LogP contribution is 2.39. The summed E-state index contributed by atoms with van der Waals surface area (Å²) in [5.41, 5.74) is 1.43. The van der Waals surface area contributed by atoms with Gasteiger partial charge < -0.3 is 10.5 Å². The van der Waals surface area contributed by atoms with Gasteiger partial charge in [0.2, 0.25) is 0 Å². The second-order valence-electron chi connectivity index (χ2n) is 3.77. The number of halogens is 5. The fourth-order valence-corrected chi connectivity index (χ4v) is 1.69. The Morgan fingerprint density at radius 1 is 1.45 bits per heavy atom. The van der Waals surface area contributed by atoms with E-state index in [0.717, 1.165) is 7.11 Å². The minimum Gasteiger partial charge on any atom is -0.469 e. The van der Waals surface area contributed by atoms with Gasteiger partial charge >= 0.3 is 12.1 Å². The maximum absolute atomic E-state index is 13.0. The third-order valence-electron chi connectivity index (χ3n) is 2.56. The summed E-state index contributed by atoms with van der Waals surface area (Å²) >= 11 is 0. The van der Waals surface area contributed by atoms with Crippen LogP contribution in [0.4, 0.5) is 22.0 Å². The number of esters is 1. The SMILES string of the molecule is COC(=O)Cc1c(CN)ncc(C(F)F)c1C(F)(F)F. The first kappa shape index (κ1) is 16.3. The summed E-state index contributed by atoms with van der Waals surface area (Å²) in [6, 6.07) is 0. The Bertz CT molecular complexity index is 502. The van der Waals surface area contributed by atoms with Gasteiger partial charge in [-0.3, -0.25) is 9.78 Å². The number of methoxy groups -OCH3 is 1. The van der Waals surface area contributed by atoms with Gasteiger partial charge in [-0.2, -0.15) is 13.2 Å². The van der Waals surface area contributed by atoms with Crippen LogP contribution in [0.1, 0.15) is 28.8 Å². The van der Waals surface area contributed by atoms with E-state index in [1.165, 1.54) is 0 Å². The number of rotatable bonds is 4. The molecule has 0 aliphatic carbocycles. The summed E-state index contributed by atoms with van der Waals surface area (Å²) in [6.45, 7) is -0.418. The minimum absolute atomic E-state index is 0.271. The maximum atomic E-state index is 13.0. The van der Waals surface area contributed by atoms with Crippen LogP contribution >= 0.6 is 0 Å². The number of hydrogen-bond donors (Lipinski definition) is 1. The van der Waals surface area contributed by atoms with Gasteiger partial charge in [0.25, 0.3) is 6.43 Å². The van der Waals surface area contributed by atoms with Crippen molar-refractivity contribution < 1.29 is 31.5 Å². The Morgan fingerprint density at radius 2 is 2.05 bits per heavy atom. The van der Waals surface area contributed by atoms with Gasteiger partial charge in [-0.1, -0.05) is 0 Å². The zero-order chi connectivity index (χ0) is 15.5. The molecule has 0 amide bonds. The van der Waals surface area contributed by atoms with Gasteiger partial charge in [0.05, 0.1) is 24.8 Å². The molecule has 0 atom stereocenters. The molecule has 0 unspecified atom stereocenters.